The molecule has 17 heavy (non-hydrogen) atoms. The van der Waals surface area contributed by atoms with Crippen molar-refractivity contribution >= 4 is 33.9 Å². The lowest BCUT2D eigenvalue weighted by atomic mass is 10.00. The van der Waals surface area contributed by atoms with Crippen molar-refractivity contribution in [3.05, 3.63) is 55.3 Å². The minimum atomic E-state index is 0.319. The van der Waals surface area contributed by atoms with Crippen molar-refractivity contribution in [3.63, 3.8) is 0 Å². The fraction of sp³-hybridized carbons (Fsp3) is 0.286. The predicted molar refractivity (Wildman–Crippen MR) is 83.7 cm³/mol. The Bertz CT molecular complexity index is 492. The van der Waals surface area contributed by atoms with E-state index in [0.717, 1.165) is 6.54 Å². The molecule has 0 radical (unpaired) electrons. The Balaban J connectivity index is 2.35. The van der Waals surface area contributed by atoms with E-state index in [-0.39, 0.29) is 0 Å². The normalized spacial score (nSPS) is 12.6. The van der Waals surface area contributed by atoms with Gasteiger partial charge in [-0.05, 0) is 58.6 Å². The molecule has 1 unspecified atom stereocenters. The molecule has 0 fully saturated rings. The number of benzene rings is 1. The maximum atomic E-state index is 3.56. The van der Waals surface area contributed by atoms with Gasteiger partial charge in [0.15, 0.2) is 0 Å². The monoisotopic (exact) mass is 357 g/mol. The van der Waals surface area contributed by atoms with Crippen molar-refractivity contribution in [3.8, 4) is 0 Å². The molecule has 2 rings (SSSR count). The zero-order chi connectivity index (χ0) is 12.3. The molecule has 0 aliphatic carbocycles. The van der Waals surface area contributed by atoms with Crippen LogP contribution in [0.3, 0.4) is 0 Å². The van der Waals surface area contributed by atoms with Gasteiger partial charge in [-0.25, -0.2) is 0 Å². The second-order valence-corrected chi connectivity index (χ2v) is 6.89. The zero-order valence-corrected chi connectivity index (χ0v) is 13.0. The van der Waals surface area contributed by atoms with Crippen molar-refractivity contribution in [1.82, 2.24) is 5.32 Å². The van der Waals surface area contributed by atoms with Crippen molar-refractivity contribution in [2.45, 2.75) is 19.9 Å². The van der Waals surface area contributed by atoms with E-state index in [1.165, 1.54) is 19.6 Å². The van der Waals surface area contributed by atoms with Crippen molar-refractivity contribution in [1.29, 1.82) is 0 Å². The van der Waals surface area contributed by atoms with Crippen LogP contribution in [-0.2, 0) is 0 Å². The first-order valence-corrected chi connectivity index (χ1v) is 7.70. The number of nitrogens with one attached hydrogen (secondary N) is 1. The minimum Gasteiger partial charge on any atom is -0.307 e. The van der Waals surface area contributed by atoms with E-state index >= 15 is 0 Å². The van der Waals surface area contributed by atoms with Crippen LogP contribution in [0.15, 0.2) is 35.7 Å². The van der Waals surface area contributed by atoms with Crippen LogP contribution >= 0.6 is 33.9 Å². The molecule has 1 atom stereocenters. The van der Waals surface area contributed by atoms with Crippen LogP contribution in [0.4, 0.5) is 0 Å². The van der Waals surface area contributed by atoms with Gasteiger partial charge in [-0.2, -0.15) is 0 Å². The zero-order valence-electron chi connectivity index (χ0n) is 10.0. The van der Waals surface area contributed by atoms with E-state index in [1.807, 2.05) is 0 Å². The molecule has 0 aliphatic rings. The first-order valence-electron chi connectivity index (χ1n) is 5.74. The summed E-state index contributed by atoms with van der Waals surface area (Å²) in [5.74, 6) is 0. The summed E-state index contributed by atoms with van der Waals surface area (Å²) < 4.78 is 1.34. The molecule has 0 saturated carbocycles. The smallest absolute Gasteiger partial charge is 0.0656 e. The van der Waals surface area contributed by atoms with Gasteiger partial charge >= 0.3 is 0 Å². The van der Waals surface area contributed by atoms with E-state index < -0.39 is 0 Å². The summed E-state index contributed by atoms with van der Waals surface area (Å²) in [5.41, 5.74) is 4.03. The second-order valence-electron chi connectivity index (χ2n) is 4.09. The van der Waals surface area contributed by atoms with E-state index in [0.29, 0.717) is 6.04 Å². The molecule has 0 amide bonds. The molecule has 0 saturated heterocycles. The Morgan fingerprint density at radius 2 is 2.12 bits per heavy atom. The van der Waals surface area contributed by atoms with Gasteiger partial charge in [0, 0.05) is 0 Å². The minimum absolute atomic E-state index is 0.319. The molecule has 3 heteroatoms. The summed E-state index contributed by atoms with van der Waals surface area (Å²) in [7, 11) is 0. The van der Waals surface area contributed by atoms with Gasteiger partial charge in [-0.15, -0.1) is 11.3 Å². The van der Waals surface area contributed by atoms with Gasteiger partial charge in [0.25, 0.3) is 0 Å². The Morgan fingerprint density at radius 3 is 2.71 bits per heavy atom. The lowest BCUT2D eigenvalue weighted by Crippen LogP contribution is -2.21. The van der Waals surface area contributed by atoms with Gasteiger partial charge in [-0.1, -0.05) is 36.8 Å². The van der Waals surface area contributed by atoms with Gasteiger partial charge < -0.3 is 5.32 Å². The van der Waals surface area contributed by atoms with E-state index in [2.05, 4.69) is 77.5 Å². The summed E-state index contributed by atoms with van der Waals surface area (Å²) in [6.07, 6.45) is 0. The fourth-order valence-electron chi connectivity index (χ4n) is 1.96. The summed E-state index contributed by atoms with van der Waals surface area (Å²) in [5, 5.41) is 5.81. The van der Waals surface area contributed by atoms with E-state index in [4.69, 9.17) is 0 Å². The van der Waals surface area contributed by atoms with Crippen LogP contribution in [0, 0.1) is 9.81 Å². The molecule has 0 bridgehead atoms. The number of halogens is 1. The number of thiophene rings is 1. The standard InChI is InChI=1S/C14H16INS/c1-3-16-14(12-8-13(15)17-9-12)11-6-4-5-10(2)7-11/h4-9,14,16H,3H2,1-2H3. The lowest BCUT2D eigenvalue weighted by Gasteiger charge is -2.17. The van der Waals surface area contributed by atoms with E-state index in [9.17, 15) is 0 Å². The molecule has 1 nitrogen and oxygen atoms in total. The Morgan fingerprint density at radius 1 is 1.29 bits per heavy atom. The maximum absolute atomic E-state index is 3.56. The van der Waals surface area contributed by atoms with Gasteiger partial charge in [0.05, 0.1) is 8.93 Å². The Labute approximate surface area is 120 Å². The average Bonchev–Trinajstić information content (AvgIpc) is 2.72. The first-order chi connectivity index (χ1) is 8.20. The topological polar surface area (TPSA) is 12.0 Å². The summed E-state index contributed by atoms with van der Waals surface area (Å²) in [6.45, 7) is 5.27. The third-order valence-electron chi connectivity index (χ3n) is 2.70. The van der Waals surface area contributed by atoms with Crippen LogP contribution < -0.4 is 5.32 Å². The van der Waals surface area contributed by atoms with Crippen molar-refractivity contribution in [2.75, 3.05) is 6.54 Å². The number of rotatable bonds is 4. The first kappa shape index (κ1) is 13.1. The molecule has 90 valence electrons. The van der Waals surface area contributed by atoms with Gasteiger partial charge in [0.1, 0.15) is 0 Å². The van der Waals surface area contributed by atoms with Crippen LogP contribution in [0.5, 0.6) is 0 Å². The number of hydrogen-bond donors (Lipinski definition) is 1. The van der Waals surface area contributed by atoms with Crippen molar-refractivity contribution < 1.29 is 0 Å². The molecule has 1 aromatic carbocycles. The highest BCUT2D eigenvalue weighted by Gasteiger charge is 2.14. The van der Waals surface area contributed by atoms with Crippen LogP contribution in [0.25, 0.3) is 0 Å². The highest BCUT2D eigenvalue weighted by atomic mass is 127. The molecule has 0 aliphatic heterocycles. The van der Waals surface area contributed by atoms with Gasteiger partial charge in [-0.3, -0.25) is 0 Å². The Hall–Kier alpha value is -0.390. The van der Waals surface area contributed by atoms with Crippen molar-refractivity contribution in [2.24, 2.45) is 0 Å². The van der Waals surface area contributed by atoms with Crippen LogP contribution in [0.1, 0.15) is 29.7 Å². The average molecular weight is 357 g/mol. The van der Waals surface area contributed by atoms with E-state index in [1.54, 1.807) is 11.3 Å². The quantitative estimate of drug-likeness (QED) is 0.802. The largest absolute Gasteiger partial charge is 0.307 e. The molecule has 2 aromatic rings. The molecule has 1 heterocycles. The highest BCUT2D eigenvalue weighted by Crippen LogP contribution is 2.27. The fourth-order valence-corrected chi connectivity index (χ4v) is 3.35. The molecular formula is C14H16INS. The van der Waals surface area contributed by atoms with Crippen LogP contribution in [-0.4, -0.2) is 6.54 Å². The summed E-state index contributed by atoms with van der Waals surface area (Å²) in [6, 6.07) is 11.3. The third-order valence-corrected chi connectivity index (χ3v) is 4.51. The maximum Gasteiger partial charge on any atom is 0.0656 e. The molecule has 1 N–H and O–H groups in total. The number of hydrogen-bond acceptors (Lipinski definition) is 2. The lowest BCUT2D eigenvalue weighted by molar-refractivity contribution is 0.632. The molecule has 1 aromatic heterocycles. The molecular weight excluding hydrogens is 341 g/mol. The SMILES string of the molecule is CCNC(c1cccc(C)c1)c1csc(I)c1. The summed E-state index contributed by atoms with van der Waals surface area (Å²) >= 11 is 4.18. The number of aryl methyl sites for hydroxylation is 1. The Kier molecular flexibility index (Phi) is 4.59. The third kappa shape index (κ3) is 3.30. The highest BCUT2D eigenvalue weighted by molar-refractivity contribution is 14.1. The predicted octanol–water partition coefficient (Wildman–Crippen LogP) is 4.36. The van der Waals surface area contributed by atoms with Gasteiger partial charge in [0.2, 0.25) is 0 Å². The molecule has 0 spiro atoms. The summed E-state index contributed by atoms with van der Waals surface area (Å²) in [4.78, 5) is 0. The van der Waals surface area contributed by atoms with Crippen LogP contribution in [0.2, 0.25) is 0 Å². The second kappa shape index (κ2) is 5.98.